The minimum atomic E-state index is -0.253. The van der Waals surface area contributed by atoms with Gasteiger partial charge in [0.25, 0.3) is 5.91 Å². The maximum Gasteiger partial charge on any atom is 0.290 e. The standard InChI is InChI=1S/C10H15N3O3.ClH/c1-6-3-8(16-13-6)10(14)12-7-4-11-5-9(7)15-2;/h3,7,9,11H,4-5H2,1-2H3,(H,12,14);1H/t7?,9-;/m0./s1. The Morgan fingerprint density at radius 1 is 1.65 bits per heavy atom. The van der Waals surface area contributed by atoms with Crippen molar-refractivity contribution < 1.29 is 14.1 Å². The van der Waals surface area contributed by atoms with Crippen LogP contribution < -0.4 is 10.6 Å². The lowest BCUT2D eigenvalue weighted by Crippen LogP contribution is -2.43. The summed E-state index contributed by atoms with van der Waals surface area (Å²) in [6, 6.07) is 1.59. The lowest BCUT2D eigenvalue weighted by molar-refractivity contribution is 0.0754. The van der Waals surface area contributed by atoms with Crippen molar-refractivity contribution in [2.75, 3.05) is 20.2 Å². The number of nitrogens with one attached hydrogen (secondary N) is 2. The van der Waals surface area contributed by atoms with Crippen LogP contribution in [0.2, 0.25) is 0 Å². The number of aromatic nitrogens is 1. The van der Waals surface area contributed by atoms with Gasteiger partial charge in [0.05, 0.1) is 17.8 Å². The Bertz CT molecular complexity index is 383. The number of hydrogen-bond acceptors (Lipinski definition) is 5. The van der Waals surface area contributed by atoms with Gasteiger partial charge in [0, 0.05) is 26.3 Å². The molecule has 6 nitrogen and oxygen atoms in total. The quantitative estimate of drug-likeness (QED) is 0.808. The molecule has 0 aromatic carbocycles. The monoisotopic (exact) mass is 261 g/mol. The van der Waals surface area contributed by atoms with E-state index in [2.05, 4.69) is 15.8 Å². The molecule has 1 aromatic heterocycles. The zero-order valence-corrected chi connectivity index (χ0v) is 10.5. The molecule has 0 saturated carbocycles. The topological polar surface area (TPSA) is 76.4 Å². The first-order valence-corrected chi connectivity index (χ1v) is 5.18. The Kier molecular flexibility index (Phi) is 4.92. The summed E-state index contributed by atoms with van der Waals surface area (Å²) in [5.74, 6) is -0.0180. The van der Waals surface area contributed by atoms with E-state index in [9.17, 15) is 4.79 Å². The van der Waals surface area contributed by atoms with Gasteiger partial charge in [-0.2, -0.15) is 0 Å². The second kappa shape index (κ2) is 6.00. The molecule has 0 aliphatic carbocycles. The van der Waals surface area contributed by atoms with Crippen molar-refractivity contribution in [2.45, 2.75) is 19.1 Å². The van der Waals surface area contributed by atoms with E-state index in [1.54, 1.807) is 20.1 Å². The predicted molar refractivity (Wildman–Crippen MR) is 63.4 cm³/mol. The molecule has 0 bridgehead atoms. The number of aryl methyl sites for hydroxylation is 1. The highest BCUT2D eigenvalue weighted by molar-refractivity contribution is 5.91. The molecule has 7 heteroatoms. The second-order valence-corrected chi connectivity index (χ2v) is 3.84. The number of rotatable bonds is 3. The van der Waals surface area contributed by atoms with Crippen LogP contribution in [-0.2, 0) is 4.74 Å². The van der Waals surface area contributed by atoms with Crippen LogP contribution in [0, 0.1) is 6.92 Å². The fourth-order valence-electron chi connectivity index (χ4n) is 1.76. The highest BCUT2D eigenvalue weighted by Gasteiger charge is 2.29. The highest BCUT2D eigenvalue weighted by Crippen LogP contribution is 2.07. The maximum atomic E-state index is 11.7. The zero-order valence-electron chi connectivity index (χ0n) is 9.73. The Labute approximate surface area is 105 Å². The first-order valence-electron chi connectivity index (χ1n) is 5.18. The Hall–Kier alpha value is -1.11. The molecule has 1 aliphatic rings. The van der Waals surface area contributed by atoms with Crippen molar-refractivity contribution in [1.29, 1.82) is 0 Å². The molecule has 1 aliphatic heterocycles. The molecule has 2 atom stereocenters. The van der Waals surface area contributed by atoms with Crippen LogP contribution in [0.4, 0.5) is 0 Å². The van der Waals surface area contributed by atoms with Crippen LogP contribution in [0.1, 0.15) is 16.2 Å². The molecular weight excluding hydrogens is 246 g/mol. The minimum absolute atomic E-state index is 0. The number of nitrogens with zero attached hydrogens (tertiary/aromatic N) is 1. The van der Waals surface area contributed by atoms with Gasteiger partial charge < -0.3 is 19.9 Å². The molecular formula is C10H16ClN3O3. The Morgan fingerprint density at radius 3 is 3.00 bits per heavy atom. The average Bonchev–Trinajstić information content (AvgIpc) is 2.86. The molecule has 96 valence electrons. The van der Waals surface area contributed by atoms with E-state index >= 15 is 0 Å². The van der Waals surface area contributed by atoms with E-state index in [-0.39, 0.29) is 36.2 Å². The molecule has 1 aromatic rings. The number of methoxy groups -OCH3 is 1. The molecule has 0 spiro atoms. The van der Waals surface area contributed by atoms with Crippen molar-refractivity contribution in [3.05, 3.63) is 17.5 Å². The molecule has 1 fully saturated rings. The van der Waals surface area contributed by atoms with Crippen molar-refractivity contribution >= 4 is 18.3 Å². The van der Waals surface area contributed by atoms with Gasteiger partial charge in [-0.05, 0) is 6.92 Å². The summed E-state index contributed by atoms with van der Waals surface area (Å²) in [5.41, 5.74) is 0.693. The molecule has 1 amide bonds. The molecule has 2 N–H and O–H groups in total. The number of carbonyl (C=O) groups excluding carboxylic acids is 1. The van der Waals surface area contributed by atoms with Crippen molar-refractivity contribution in [1.82, 2.24) is 15.8 Å². The number of ether oxygens (including phenoxy) is 1. The fourth-order valence-corrected chi connectivity index (χ4v) is 1.76. The first kappa shape index (κ1) is 14.0. The first-order chi connectivity index (χ1) is 7.70. The van der Waals surface area contributed by atoms with Gasteiger partial charge in [-0.1, -0.05) is 5.16 Å². The second-order valence-electron chi connectivity index (χ2n) is 3.84. The van der Waals surface area contributed by atoms with Gasteiger partial charge in [-0.25, -0.2) is 0 Å². The number of hydrogen-bond donors (Lipinski definition) is 2. The summed E-state index contributed by atoms with van der Waals surface area (Å²) in [6.07, 6.45) is 0.00738. The van der Waals surface area contributed by atoms with E-state index in [4.69, 9.17) is 9.26 Å². The van der Waals surface area contributed by atoms with Gasteiger partial charge >= 0.3 is 0 Å². The molecule has 2 rings (SSSR count). The maximum absolute atomic E-state index is 11.7. The van der Waals surface area contributed by atoms with Crippen molar-refractivity contribution in [3.63, 3.8) is 0 Å². The average molecular weight is 262 g/mol. The number of halogens is 1. The van der Waals surface area contributed by atoms with E-state index in [1.165, 1.54) is 0 Å². The minimum Gasteiger partial charge on any atom is -0.378 e. The Morgan fingerprint density at radius 2 is 2.41 bits per heavy atom. The summed E-state index contributed by atoms with van der Waals surface area (Å²) >= 11 is 0. The highest BCUT2D eigenvalue weighted by atomic mass is 35.5. The van der Waals surface area contributed by atoms with E-state index in [0.717, 1.165) is 6.54 Å². The normalized spacial score (nSPS) is 23.2. The van der Waals surface area contributed by atoms with Crippen molar-refractivity contribution in [2.24, 2.45) is 0 Å². The largest absolute Gasteiger partial charge is 0.378 e. The van der Waals surface area contributed by atoms with E-state index in [0.29, 0.717) is 12.2 Å². The summed E-state index contributed by atoms with van der Waals surface area (Å²) in [5, 5.41) is 9.67. The number of carbonyl (C=O) groups is 1. The summed E-state index contributed by atoms with van der Waals surface area (Å²) in [6.45, 7) is 3.23. The molecule has 2 heterocycles. The van der Waals surface area contributed by atoms with Gasteiger partial charge in [-0.15, -0.1) is 12.4 Å². The fraction of sp³-hybridized carbons (Fsp3) is 0.600. The number of amides is 1. The third-order valence-corrected chi connectivity index (χ3v) is 2.63. The van der Waals surface area contributed by atoms with Crippen LogP contribution in [-0.4, -0.2) is 43.4 Å². The van der Waals surface area contributed by atoms with Gasteiger partial charge in [0.1, 0.15) is 0 Å². The van der Waals surface area contributed by atoms with Crippen molar-refractivity contribution in [3.8, 4) is 0 Å². The van der Waals surface area contributed by atoms with Crippen LogP contribution in [0.15, 0.2) is 10.6 Å². The lowest BCUT2D eigenvalue weighted by Gasteiger charge is -2.17. The molecule has 0 radical (unpaired) electrons. The SMILES string of the molecule is CO[C@H]1CNCC1NC(=O)c1cc(C)no1.Cl. The van der Waals surface area contributed by atoms with Crippen LogP contribution in [0.3, 0.4) is 0 Å². The van der Waals surface area contributed by atoms with Crippen LogP contribution >= 0.6 is 12.4 Å². The zero-order chi connectivity index (χ0) is 11.5. The van der Waals surface area contributed by atoms with Crippen LogP contribution in [0.5, 0.6) is 0 Å². The molecule has 1 saturated heterocycles. The van der Waals surface area contributed by atoms with Gasteiger partial charge in [0.15, 0.2) is 0 Å². The van der Waals surface area contributed by atoms with E-state index in [1.807, 2.05) is 0 Å². The van der Waals surface area contributed by atoms with Crippen LogP contribution in [0.25, 0.3) is 0 Å². The van der Waals surface area contributed by atoms with Gasteiger partial charge in [0.2, 0.25) is 5.76 Å². The third-order valence-electron chi connectivity index (χ3n) is 2.63. The Balaban J connectivity index is 0.00000144. The third kappa shape index (κ3) is 3.18. The van der Waals surface area contributed by atoms with E-state index < -0.39 is 0 Å². The smallest absolute Gasteiger partial charge is 0.290 e. The molecule has 17 heavy (non-hydrogen) atoms. The lowest BCUT2D eigenvalue weighted by atomic mass is 10.2. The molecule has 1 unspecified atom stereocenters. The summed E-state index contributed by atoms with van der Waals surface area (Å²) in [4.78, 5) is 11.7. The van der Waals surface area contributed by atoms with Gasteiger partial charge in [-0.3, -0.25) is 4.79 Å². The predicted octanol–water partition coefficient (Wildman–Crippen LogP) is 0.121. The summed E-state index contributed by atoms with van der Waals surface area (Å²) in [7, 11) is 1.63. The summed E-state index contributed by atoms with van der Waals surface area (Å²) < 4.78 is 10.1.